The molecule has 6 nitrogen and oxygen atoms in total. The smallest absolute Gasteiger partial charge is 0.239 e. The number of hydrogen-bond donors (Lipinski definition) is 1. The third kappa shape index (κ3) is 5.10. The van der Waals surface area contributed by atoms with Crippen LogP contribution in [0.4, 0.5) is 5.13 Å². The van der Waals surface area contributed by atoms with Crippen molar-refractivity contribution in [2.75, 3.05) is 18.5 Å². The molecular weight excluding hydrogens is 346 g/mol. The number of pyridine rings is 1. The topological polar surface area (TPSA) is 71.0 Å². The van der Waals surface area contributed by atoms with Crippen molar-refractivity contribution in [2.45, 2.75) is 19.9 Å². The Morgan fingerprint density at radius 1 is 1.12 bits per heavy atom. The van der Waals surface area contributed by atoms with E-state index in [2.05, 4.69) is 50.8 Å². The molecule has 0 bridgehead atoms. The van der Waals surface area contributed by atoms with Crippen molar-refractivity contribution in [3.63, 3.8) is 0 Å². The monoisotopic (exact) mass is 367 g/mol. The highest BCUT2D eigenvalue weighted by atomic mass is 32.1. The fourth-order valence-corrected chi connectivity index (χ4v) is 3.04. The van der Waals surface area contributed by atoms with Crippen LogP contribution in [0.15, 0.2) is 48.8 Å². The van der Waals surface area contributed by atoms with Crippen molar-refractivity contribution in [3.8, 4) is 0 Å². The van der Waals surface area contributed by atoms with Crippen LogP contribution in [-0.2, 0) is 17.8 Å². The minimum absolute atomic E-state index is 0.0559. The van der Waals surface area contributed by atoms with Gasteiger partial charge in [-0.2, -0.15) is 4.37 Å². The summed E-state index contributed by atoms with van der Waals surface area (Å²) in [6.45, 7) is 2.80. The maximum absolute atomic E-state index is 12.1. The third-order valence-electron chi connectivity index (χ3n) is 3.89. The third-order valence-corrected chi connectivity index (χ3v) is 4.75. The van der Waals surface area contributed by atoms with E-state index in [1.54, 1.807) is 12.4 Å². The molecule has 0 fully saturated rings. The number of aromatic nitrogens is 3. The fraction of sp³-hybridized carbons (Fsp3) is 0.263. The van der Waals surface area contributed by atoms with Gasteiger partial charge in [0, 0.05) is 43.9 Å². The van der Waals surface area contributed by atoms with Crippen molar-refractivity contribution in [1.29, 1.82) is 0 Å². The first-order valence-electron chi connectivity index (χ1n) is 8.35. The lowest BCUT2D eigenvalue weighted by molar-refractivity contribution is -0.119. The van der Waals surface area contributed by atoms with E-state index in [4.69, 9.17) is 0 Å². The number of carbonyl (C=O) groups excluding carboxylic acids is 1. The number of carbonyl (C=O) groups is 1. The standard InChI is InChI=1S/C19H21N5OS/c1-14-3-5-15(6-4-14)11-17-22-19(26-23-17)24(2)13-18(25)21-12-16-7-9-20-10-8-16/h3-10H,11-13H2,1-2H3,(H,21,25). The SMILES string of the molecule is Cc1ccc(Cc2nsc(N(C)CC(=O)NCc3ccncc3)n2)cc1. The first-order valence-corrected chi connectivity index (χ1v) is 9.12. The molecule has 0 aliphatic rings. The summed E-state index contributed by atoms with van der Waals surface area (Å²) >= 11 is 1.31. The molecule has 26 heavy (non-hydrogen) atoms. The summed E-state index contributed by atoms with van der Waals surface area (Å²) in [5.74, 6) is 0.720. The zero-order chi connectivity index (χ0) is 18.4. The Morgan fingerprint density at radius 2 is 1.85 bits per heavy atom. The number of benzene rings is 1. The van der Waals surface area contributed by atoms with Crippen molar-refractivity contribution in [2.24, 2.45) is 0 Å². The van der Waals surface area contributed by atoms with Crippen LogP contribution >= 0.6 is 11.5 Å². The highest BCUT2D eigenvalue weighted by Gasteiger charge is 2.12. The maximum Gasteiger partial charge on any atom is 0.239 e. The summed E-state index contributed by atoms with van der Waals surface area (Å²) in [6, 6.07) is 12.1. The second-order valence-electron chi connectivity index (χ2n) is 6.14. The number of aryl methyl sites for hydroxylation is 1. The van der Waals surface area contributed by atoms with Gasteiger partial charge in [-0.25, -0.2) is 4.98 Å². The summed E-state index contributed by atoms with van der Waals surface area (Å²) in [5, 5.41) is 3.64. The van der Waals surface area contributed by atoms with Crippen LogP contribution in [0, 0.1) is 6.92 Å². The predicted octanol–water partition coefficient (Wildman–Crippen LogP) is 2.58. The van der Waals surface area contributed by atoms with Crippen LogP contribution in [0.2, 0.25) is 0 Å². The van der Waals surface area contributed by atoms with Gasteiger partial charge < -0.3 is 10.2 Å². The van der Waals surface area contributed by atoms with Crippen molar-refractivity contribution >= 4 is 22.6 Å². The van der Waals surface area contributed by atoms with Gasteiger partial charge in [0.2, 0.25) is 11.0 Å². The van der Waals surface area contributed by atoms with Gasteiger partial charge in [-0.1, -0.05) is 29.8 Å². The fourth-order valence-electron chi connectivity index (χ4n) is 2.40. The van der Waals surface area contributed by atoms with E-state index in [0.717, 1.165) is 16.5 Å². The number of likely N-dealkylation sites (N-methyl/N-ethyl adjacent to an activating group) is 1. The largest absolute Gasteiger partial charge is 0.350 e. The second-order valence-corrected chi connectivity index (χ2v) is 6.87. The molecule has 0 aliphatic heterocycles. The van der Waals surface area contributed by atoms with Gasteiger partial charge in [-0.3, -0.25) is 9.78 Å². The van der Waals surface area contributed by atoms with Gasteiger partial charge in [0.25, 0.3) is 0 Å². The van der Waals surface area contributed by atoms with Crippen LogP contribution in [-0.4, -0.2) is 33.8 Å². The molecule has 3 aromatic rings. The Bertz CT molecular complexity index is 848. The van der Waals surface area contributed by atoms with E-state index >= 15 is 0 Å². The number of amides is 1. The number of rotatable bonds is 7. The van der Waals surface area contributed by atoms with E-state index in [1.807, 2.05) is 24.1 Å². The molecule has 0 radical (unpaired) electrons. The zero-order valence-corrected chi connectivity index (χ0v) is 15.7. The molecular formula is C19H21N5OS. The minimum atomic E-state index is -0.0559. The average Bonchev–Trinajstić information content (AvgIpc) is 3.11. The molecule has 134 valence electrons. The van der Waals surface area contributed by atoms with Gasteiger partial charge in [0.1, 0.15) is 5.82 Å². The molecule has 2 heterocycles. The predicted molar refractivity (Wildman–Crippen MR) is 103 cm³/mol. The van der Waals surface area contributed by atoms with Gasteiger partial charge in [-0.05, 0) is 30.2 Å². The molecule has 2 aromatic heterocycles. The van der Waals surface area contributed by atoms with E-state index in [-0.39, 0.29) is 12.5 Å². The zero-order valence-electron chi connectivity index (χ0n) is 14.8. The van der Waals surface area contributed by atoms with Crippen LogP contribution in [0.25, 0.3) is 0 Å². The second kappa shape index (κ2) is 8.53. The Kier molecular flexibility index (Phi) is 5.91. The molecule has 1 amide bonds. The van der Waals surface area contributed by atoms with E-state index in [1.165, 1.54) is 22.7 Å². The van der Waals surface area contributed by atoms with Crippen molar-refractivity contribution in [1.82, 2.24) is 19.7 Å². The van der Waals surface area contributed by atoms with Gasteiger partial charge in [-0.15, -0.1) is 0 Å². The molecule has 3 rings (SSSR count). The van der Waals surface area contributed by atoms with Crippen LogP contribution in [0.5, 0.6) is 0 Å². The molecule has 1 aromatic carbocycles. The van der Waals surface area contributed by atoms with Gasteiger partial charge in [0.15, 0.2) is 0 Å². The maximum atomic E-state index is 12.1. The molecule has 0 spiro atoms. The number of nitrogens with zero attached hydrogens (tertiary/aromatic N) is 4. The summed E-state index contributed by atoms with van der Waals surface area (Å²) in [6.07, 6.45) is 4.12. The highest BCUT2D eigenvalue weighted by molar-refractivity contribution is 7.09. The van der Waals surface area contributed by atoms with E-state index in [9.17, 15) is 4.79 Å². The Labute approximate surface area is 157 Å². The first kappa shape index (κ1) is 18.0. The molecule has 7 heteroatoms. The number of hydrogen-bond acceptors (Lipinski definition) is 6. The Hall–Kier alpha value is -2.80. The average molecular weight is 367 g/mol. The van der Waals surface area contributed by atoms with E-state index in [0.29, 0.717) is 13.0 Å². The molecule has 0 atom stereocenters. The van der Waals surface area contributed by atoms with Crippen LogP contribution in [0.3, 0.4) is 0 Å². The summed E-state index contributed by atoms with van der Waals surface area (Å²) in [7, 11) is 1.85. The van der Waals surface area contributed by atoms with Crippen molar-refractivity contribution in [3.05, 3.63) is 71.3 Å². The Morgan fingerprint density at radius 3 is 2.58 bits per heavy atom. The van der Waals surface area contributed by atoms with Crippen molar-refractivity contribution < 1.29 is 4.79 Å². The van der Waals surface area contributed by atoms with Crippen LogP contribution in [0.1, 0.15) is 22.5 Å². The van der Waals surface area contributed by atoms with Gasteiger partial charge >= 0.3 is 0 Å². The summed E-state index contributed by atoms with van der Waals surface area (Å²) in [4.78, 5) is 22.4. The van der Waals surface area contributed by atoms with Crippen LogP contribution < -0.4 is 10.2 Å². The normalized spacial score (nSPS) is 10.5. The molecule has 0 aliphatic carbocycles. The molecule has 1 N–H and O–H groups in total. The minimum Gasteiger partial charge on any atom is -0.350 e. The number of nitrogens with one attached hydrogen (secondary N) is 1. The lowest BCUT2D eigenvalue weighted by atomic mass is 10.1. The number of anilines is 1. The quantitative estimate of drug-likeness (QED) is 0.695. The highest BCUT2D eigenvalue weighted by Crippen LogP contribution is 2.17. The summed E-state index contributed by atoms with van der Waals surface area (Å²) in [5.41, 5.74) is 3.43. The molecule has 0 saturated carbocycles. The van der Waals surface area contributed by atoms with E-state index < -0.39 is 0 Å². The Balaban J connectivity index is 1.51. The first-order chi connectivity index (χ1) is 12.6. The molecule has 0 saturated heterocycles. The lowest BCUT2D eigenvalue weighted by Gasteiger charge is -2.14. The summed E-state index contributed by atoms with van der Waals surface area (Å²) < 4.78 is 4.41. The molecule has 0 unspecified atom stereocenters. The lowest BCUT2D eigenvalue weighted by Crippen LogP contribution is -2.34. The van der Waals surface area contributed by atoms with Gasteiger partial charge in [0.05, 0.1) is 6.54 Å².